The van der Waals surface area contributed by atoms with Gasteiger partial charge in [-0.25, -0.2) is 8.96 Å². The van der Waals surface area contributed by atoms with Gasteiger partial charge in [0.15, 0.2) is 0 Å². The van der Waals surface area contributed by atoms with Gasteiger partial charge in [0.1, 0.15) is 5.82 Å². The predicted octanol–water partition coefficient (Wildman–Crippen LogP) is 2.52. The van der Waals surface area contributed by atoms with Crippen LogP contribution in [0.2, 0.25) is 0 Å². The highest BCUT2D eigenvalue weighted by Gasteiger charge is 2.19. The van der Waals surface area contributed by atoms with Crippen LogP contribution >= 0.6 is 7.82 Å². The summed E-state index contributed by atoms with van der Waals surface area (Å²) in [5.74, 6) is -0.338. The molecular weight excluding hydrogens is 234 g/mol. The average Bonchev–Trinajstić information content (AvgIpc) is 2.17. The van der Waals surface area contributed by atoms with Gasteiger partial charge in [0.25, 0.3) is 0 Å². The van der Waals surface area contributed by atoms with Crippen LogP contribution < -0.4 is 0 Å². The summed E-state index contributed by atoms with van der Waals surface area (Å²) in [5.41, 5.74) is 0.705. The zero-order valence-electron chi connectivity index (χ0n) is 8.93. The molecule has 0 heterocycles. The normalized spacial score (nSPS) is 14.7. The zero-order chi connectivity index (χ0) is 12.0. The van der Waals surface area contributed by atoms with Crippen LogP contribution in [0.1, 0.15) is 12.5 Å². The second-order valence-electron chi connectivity index (χ2n) is 3.10. The minimum atomic E-state index is -3.94. The summed E-state index contributed by atoms with van der Waals surface area (Å²) < 4.78 is 33.1. The fourth-order valence-corrected chi connectivity index (χ4v) is 1.89. The minimum Gasteiger partial charge on any atom is -0.302 e. The number of phosphoric ester groups is 1. The van der Waals surface area contributed by atoms with Crippen molar-refractivity contribution in [1.29, 1.82) is 0 Å². The molecular formula is C10H14FO4P. The molecule has 90 valence electrons. The largest absolute Gasteiger partial charge is 0.472 e. The molecule has 16 heavy (non-hydrogen) atoms. The first kappa shape index (κ1) is 13.3. The third kappa shape index (κ3) is 4.86. The third-order valence-electron chi connectivity index (χ3n) is 1.83. The van der Waals surface area contributed by atoms with E-state index in [2.05, 4.69) is 9.05 Å². The molecule has 0 radical (unpaired) electrons. The van der Waals surface area contributed by atoms with Gasteiger partial charge in [-0.2, -0.15) is 0 Å². The van der Waals surface area contributed by atoms with E-state index in [9.17, 15) is 8.96 Å². The highest BCUT2D eigenvalue weighted by Crippen LogP contribution is 2.42. The Bertz CT molecular complexity index is 383. The molecule has 0 amide bonds. The SMILES string of the molecule is CCOP(=O)(O)OCCc1cccc(F)c1. The van der Waals surface area contributed by atoms with E-state index in [-0.39, 0.29) is 19.0 Å². The van der Waals surface area contributed by atoms with E-state index in [4.69, 9.17) is 4.89 Å². The lowest BCUT2D eigenvalue weighted by molar-refractivity contribution is 0.156. The highest BCUT2D eigenvalue weighted by molar-refractivity contribution is 7.47. The molecule has 0 aliphatic heterocycles. The van der Waals surface area contributed by atoms with Gasteiger partial charge < -0.3 is 4.89 Å². The molecule has 0 aliphatic carbocycles. The molecule has 0 saturated heterocycles. The second kappa shape index (κ2) is 6.11. The fraction of sp³-hybridized carbons (Fsp3) is 0.400. The molecule has 1 aromatic carbocycles. The maximum absolute atomic E-state index is 12.8. The lowest BCUT2D eigenvalue weighted by Crippen LogP contribution is -2.00. The number of hydrogen-bond acceptors (Lipinski definition) is 3. The number of phosphoric acid groups is 1. The molecule has 1 atom stereocenters. The summed E-state index contributed by atoms with van der Waals surface area (Å²) >= 11 is 0. The van der Waals surface area contributed by atoms with Gasteiger partial charge in [-0.1, -0.05) is 12.1 Å². The van der Waals surface area contributed by atoms with Crippen LogP contribution in [0.3, 0.4) is 0 Å². The van der Waals surface area contributed by atoms with Crippen molar-refractivity contribution in [3.8, 4) is 0 Å². The smallest absolute Gasteiger partial charge is 0.302 e. The van der Waals surface area contributed by atoms with Crippen molar-refractivity contribution < 1.29 is 22.9 Å². The second-order valence-corrected chi connectivity index (χ2v) is 4.55. The molecule has 1 N–H and O–H groups in total. The van der Waals surface area contributed by atoms with Crippen molar-refractivity contribution in [1.82, 2.24) is 0 Å². The number of benzene rings is 1. The first-order valence-electron chi connectivity index (χ1n) is 4.90. The molecule has 0 fully saturated rings. The maximum atomic E-state index is 12.8. The predicted molar refractivity (Wildman–Crippen MR) is 57.5 cm³/mol. The number of rotatable bonds is 6. The van der Waals surface area contributed by atoms with Crippen molar-refractivity contribution in [2.24, 2.45) is 0 Å². The van der Waals surface area contributed by atoms with Crippen molar-refractivity contribution in [2.75, 3.05) is 13.2 Å². The summed E-state index contributed by atoms with van der Waals surface area (Å²) in [4.78, 5) is 9.08. The number of halogens is 1. The van der Waals surface area contributed by atoms with Crippen LogP contribution in [-0.4, -0.2) is 18.1 Å². The van der Waals surface area contributed by atoms with E-state index in [0.29, 0.717) is 12.0 Å². The number of hydrogen-bond donors (Lipinski definition) is 1. The van der Waals surface area contributed by atoms with Crippen LogP contribution in [0.5, 0.6) is 0 Å². The van der Waals surface area contributed by atoms with Gasteiger partial charge in [0.05, 0.1) is 13.2 Å². The zero-order valence-corrected chi connectivity index (χ0v) is 9.82. The topological polar surface area (TPSA) is 55.8 Å². The molecule has 4 nitrogen and oxygen atoms in total. The molecule has 1 aromatic rings. The first-order chi connectivity index (χ1) is 7.53. The van der Waals surface area contributed by atoms with E-state index in [1.54, 1.807) is 19.1 Å². The lowest BCUT2D eigenvalue weighted by Gasteiger charge is -2.10. The van der Waals surface area contributed by atoms with Crippen LogP contribution in [0.4, 0.5) is 4.39 Å². The Morgan fingerprint density at radius 1 is 1.44 bits per heavy atom. The summed E-state index contributed by atoms with van der Waals surface area (Å²) in [6.07, 6.45) is 0.357. The van der Waals surface area contributed by atoms with Crippen LogP contribution in [-0.2, 0) is 20.0 Å². The summed E-state index contributed by atoms with van der Waals surface area (Å²) in [6, 6.07) is 5.98. The Balaban J connectivity index is 2.38. The Labute approximate surface area is 93.6 Å². The monoisotopic (exact) mass is 248 g/mol. The average molecular weight is 248 g/mol. The molecule has 1 unspecified atom stereocenters. The molecule has 1 rings (SSSR count). The van der Waals surface area contributed by atoms with Gasteiger partial charge in [0, 0.05) is 0 Å². The van der Waals surface area contributed by atoms with Gasteiger partial charge in [0.2, 0.25) is 0 Å². The van der Waals surface area contributed by atoms with Crippen molar-refractivity contribution in [2.45, 2.75) is 13.3 Å². The fourth-order valence-electron chi connectivity index (χ4n) is 1.17. The quantitative estimate of drug-likeness (QED) is 0.786. The summed E-state index contributed by atoms with van der Waals surface area (Å²) in [7, 11) is -3.94. The van der Waals surface area contributed by atoms with Gasteiger partial charge in [-0.15, -0.1) is 0 Å². The standard InChI is InChI=1S/C10H14FO4P/c1-2-14-16(12,13)15-7-6-9-4-3-5-10(11)8-9/h3-5,8H,2,6-7H2,1H3,(H,12,13). The Hall–Kier alpha value is -0.740. The van der Waals surface area contributed by atoms with Gasteiger partial charge >= 0.3 is 7.82 Å². The third-order valence-corrected chi connectivity index (χ3v) is 2.92. The lowest BCUT2D eigenvalue weighted by atomic mass is 10.2. The summed E-state index contributed by atoms with van der Waals surface area (Å²) in [5, 5.41) is 0. The molecule has 0 aliphatic rings. The van der Waals surface area contributed by atoms with E-state index in [1.807, 2.05) is 0 Å². The van der Waals surface area contributed by atoms with Gasteiger partial charge in [-0.3, -0.25) is 9.05 Å². The Morgan fingerprint density at radius 2 is 2.19 bits per heavy atom. The van der Waals surface area contributed by atoms with Gasteiger partial charge in [-0.05, 0) is 31.0 Å². The molecule has 0 aromatic heterocycles. The van der Waals surface area contributed by atoms with Crippen LogP contribution in [0, 0.1) is 5.82 Å². The van der Waals surface area contributed by atoms with E-state index >= 15 is 0 Å². The minimum absolute atomic E-state index is 0.0111. The van der Waals surface area contributed by atoms with Crippen molar-refractivity contribution in [3.63, 3.8) is 0 Å². The van der Waals surface area contributed by atoms with Crippen LogP contribution in [0.15, 0.2) is 24.3 Å². The summed E-state index contributed by atoms with van der Waals surface area (Å²) in [6.45, 7) is 1.71. The molecule has 0 spiro atoms. The van der Waals surface area contributed by atoms with E-state index in [1.165, 1.54) is 12.1 Å². The molecule has 6 heteroatoms. The van der Waals surface area contributed by atoms with E-state index in [0.717, 1.165) is 0 Å². The van der Waals surface area contributed by atoms with Crippen molar-refractivity contribution >= 4 is 7.82 Å². The molecule has 0 saturated carbocycles. The van der Waals surface area contributed by atoms with Crippen molar-refractivity contribution in [3.05, 3.63) is 35.6 Å². The van der Waals surface area contributed by atoms with Crippen LogP contribution in [0.25, 0.3) is 0 Å². The first-order valence-corrected chi connectivity index (χ1v) is 6.39. The van der Waals surface area contributed by atoms with E-state index < -0.39 is 7.82 Å². The Kier molecular flexibility index (Phi) is 5.09. The Morgan fingerprint density at radius 3 is 2.81 bits per heavy atom. The molecule has 0 bridgehead atoms. The maximum Gasteiger partial charge on any atom is 0.472 e. The highest BCUT2D eigenvalue weighted by atomic mass is 31.2.